The third-order valence-corrected chi connectivity index (χ3v) is 4.08. The Morgan fingerprint density at radius 2 is 1.95 bits per heavy atom. The highest BCUT2D eigenvalue weighted by molar-refractivity contribution is 5.78. The molecule has 0 atom stereocenters. The zero-order valence-corrected chi connectivity index (χ0v) is 12.7. The molecule has 2 rings (SSSR count). The van der Waals surface area contributed by atoms with E-state index in [-0.39, 0.29) is 17.9 Å². The molecule has 3 N–H and O–H groups in total. The molecule has 1 saturated carbocycles. The van der Waals surface area contributed by atoms with Gasteiger partial charge in [0.15, 0.2) is 0 Å². The van der Waals surface area contributed by atoms with Crippen molar-refractivity contribution in [2.75, 3.05) is 14.2 Å². The fourth-order valence-corrected chi connectivity index (χ4v) is 2.73. The lowest BCUT2D eigenvalue weighted by Gasteiger charge is -2.25. The monoisotopic (exact) mass is 292 g/mol. The topological polar surface area (TPSA) is 73.6 Å². The Labute approximate surface area is 125 Å². The molecule has 1 fully saturated rings. The van der Waals surface area contributed by atoms with Crippen LogP contribution in [-0.4, -0.2) is 26.2 Å². The number of nitrogens with two attached hydrogens (primary N) is 1. The van der Waals surface area contributed by atoms with Crippen LogP contribution in [-0.2, 0) is 11.3 Å². The van der Waals surface area contributed by atoms with Gasteiger partial charge < -0.3 is 20.5 Å². The van der Waals surface area contributed by atoms with Crippen LogP contribution >= 0.6 is 0 Å². The van der Waals surface area contributed by atoms with Crippen molar-refractivity contribution in [2.24, 2.45) is 11.7 Å². The average Bonchev–Trinajstić information content (AvgIpc) is 2.52. The van der Waals surface area contributed by atoms with Crippen molar-refractivity contribution in [3.05, 3.63) is 23.8 Å². The lowest BCUT2D eigenvalue weighted by molar-refractivity contribution is -0.126. The number of benzene rings is 1. The molecular formula is C16H24N2O3. The van der Waals surface area contributed by atoms with E-state index in [0.717, 1.165) is 42.7 Å². The summed E-state index contributed by atoms with van der Waals surface area (Å²) in [6.07, 6.45) is 3.62. The Kier molecular flexibility index (Phi) is 5.44. The van der Waals surface area contributed by atoms with Gasteiger partial charge in [-0.3, -0.25) is 4.79 Å². The van der Waals surface area contributed by atoms with Gasteiger partial charge in [0.2, 0.25) is 5.91 Å². The number of carbonyl (C=O) groups is 1. The molecule has 0 radical (unpaired) electrons. The second-order valence-corrected chi connectivity index (χ2v) is 5.51. The molecule has 0 bridgehead atoms. The van der Waals surface area contributed by atoms with Gasteiger partial charge in [-0.25, -0.2) is 0 Å². The molecule has 1 aliphatic rings. The molecule has 0 unspecified atom stereocenters. The minimum absolute atomic E-state index is 0.0846. The van der Waals surface area contributed by atoms with E-state index in [4.69, 9.17) is 15.2 Å². The van der Waals surface area contributed by atoms with Crippen LogP contribution < -0.4 is 20.5 Å². The molecule has 5 nitrogen and oxygen atoms in total. The summed E-state index contributed by atoms with van der Waals surface area (Å²) in [4.78, 5) is 12.2. The second kappa shape index (κ2) is 7.31. The molecule has 0 heterocycles. The van der Waals surface area contributed by atoms with E-state index >= 15 is 0 Å². The minimum Gasteiger partial charge on any atom is -0.497 e. The quantitative estimate of drug-likeness (QED) is 0.868. The summed E-state index contributed by atoms with van der Waals surface area (Å²) >= 11 is 0. The van der Waals surface area contributed by atoms with Crippen molar-refractivity contribution in [3.63, 3.8) is 0 Å². The molecule has 1 aliphatic carbocycles. The van der Waals surface area contributed by atoms with Crippen LogP contribution in [0.5, 0.6) is 11.5 Å². The first kappa shape index (κ1) is 15.6. The van der Waals surface area contributed by atoms with Gasteiger partial charge in [0.25, 0.3) is 0 Å². The number of ether oxygens (including phenoxy) is 2. The van der Waals surface area contributed by atoms with Crippen LogP contribution in [0.2, 0.25) is 0 Å². The summed E-state index contributed by atoms with van der Waals surface area (Å²) < 4.78 is 10.5. The van der Waals surface area contributed by atoms with Gasteiger partial charge in [-0.05, 0) is 43.9 Å². The number of carbonyl (C=O) groups excluding carboxylic acids is 1. The van der Waals surface area contributed by atoms with Crippen molar-refractivity contribution in [1.29, 1.82) is 0 Å². The third kappa shape index (κ3) is 4.11. The van der Waals surface area contributed by atoms with E-state index in [1.807, 2.05) is 18.2 Å². The Balaban J connectivity index is 1.94. The van der Waals surface area contributed by atoms with E-state index in [0.29, 0.717) is 6.54 Å². The maximum absolute atomic E-state index is 12.2. The second-order valence-electron chi connectivity index (χ2n) is 5.51. The molecule has 116 valence electrons. The summed E-state index contributed by atoms with van der Waals surface area (Å²) in [5.41, 5.74) is 6.78. The van der Waals surface area contributed by atoms with Gasteiger partial charge in [-0.15, -0.1) is 0 Å². The van der Waals surface area contributed by atoms with Crippen molar-refractivity contribution in [2.45, 2.75) is 38.3 Å². The lowest BCUT2D eigenvalue weighted by Crippen LogP contribution is -2.36. The number of hydrogen-bond acceptors (Lipinski definition) is 4. The fraction of sp³-hybridized carbons (Fsp3) is 0.562. The van der Waals surface area contributed by atoms with Crippen LogP contribution in [0, 0.1) is 5.92 Å². The van der Waals surface area contributed by atoms with E-state index in [2.05, 4.69) is 5.32 Å². The SMILES string of the molecule is COc1ccc(OC)c(CNC(=O)C2CCC(N)CC2)c1. The summed E-state index contributed by atoms with van der Waals surface area (Å²) in [7, 11) is 3.24. The molecule has 5 heteroatoms. The molecular weight excluding hydrogens is 268 g/mol. The van der Waals surface area contributed by atoms with Crippen molar-refractivity contribution >= 4 is 5.91 Å². The standard InChI is InChI=1S/C16H24N2O3/c1-20-14-7-8-15(21-2)12(9-14)10-18-16(19)11-3-5-13(17)6-4-11/h7-9,11,13H,3-6,10,17H2,1-2H3,(H,18,19). The van der Waals surface area contributed by atoms with Crippen molar-refractivity contribution in [3.8, 4) is 11.5 Å². The predicted octanol–water partition coefficient (Wildman–Crippen LogP) is 1.84. The van der Waals surface area contributed by atoms with Crippen LogP contribution in [0.3, 0.4) is 0 Å². The molecule has 1 aromatic rings. The molecule has 1 amide bonds. The minimum atomic E-state index is 0.0846. The molecule has 21 heavy (non-hydrogen) atoms. The Morgan fingerprint density at radius 3 is 2.57 bits per heavy atom. The highest BCUT2D eigenvalue weighted by Crippen LogP contribution is 2.25. The third-order valence-electron chi connectivity index (χ3n) is 4.08. The van der Waals surface area contributed by atoms with E-state index < -0.39 is 0 Å². The summed E-state index contributed by atoms with van der Waals surface area (Å²) in [6, 6.07) is 5.83. The van der Waals surface area contributed by atoms with Gasteiger partial charge in [-0.1, -0.05) is 0 Å². The highest BCUT2D eigenvalue weighted by Gasteiger charge is 2.24. The summed E-state index contributed by atoms with van der Waals surface area (Å²) in [6.45, 7) is 0.446. The van der Waals surface area contributed by atoms with E-state index in [1.54, 1.807) is 14.2 Å². The van der Waals surface area contributed by atoms with Crippen LogP contribution in [0.4, 0.5) is 0 Å². The first-order chi connectivity index (χ1) is 10.1. The van der Waals surface area contributed by atoms with Crippen molar-refractivity contribution < 1.29 is 14.3 Å². The Hall–Kier alpha value is -1.75. The van der Waals surface area contributed by atoms with Crippen LogP contribution in [0.25, 0.3) is 0 Å². The fourth-order valence-electron chi connectivity index (χ4n) is 2.73. The van der Waals surface area contributed by atoms with Crippen LogP contribution in [0.1, 0.15) is 31.2 Å². The van der Waals surface area contributed by atoms with Gasteiger partial charge in [0, 0.05) is 24.1 Å². The molecule has 1 aromatic carbocycles. The zero-order chi connectivity index (χ0) is 15.2. The number of methoxy groups -OCH3 is 2. The van der Waals surface area contributed by atoms with Crippen LogP contribution in [0.15, 0.2) is 18.2 Å². The smallest absolute Gasteiger partial charge is 0.223 e. The number of amides is 1. The molecule has 0 aromatic heterocycles. The maximum atomic E-state index is 12.2. The maximum Gasteiger partial charge on any atom is 0.223 e. The zero-order valence-electron chi connectivity index (χ0n) is 12.7. The highest BCUT2D eigenvalue weighted by atomic mass is 16.5. The number of hydrogen-bond donors (Lipinski definition) is 2. The Bertz CT molecular complexity index is 482. The summed E-state index contributed by atoms with van der Waals surface area (Å²) in [5.74, 6) is 1.69. The van der Waals surface area contributed by atoms with Crippen molar-refractivity contribution in [1.82, 2.24) is 5.32 Å². The van der Waals surface area contributed by atoms with E-state index in [1.165, 1.54) is 0 Å². The first-order valence-corrected chi connectivity index (χ1v) is 7.38. The normalized spacial score (nSPS) is 21.7. The van der Waals surface area contributed by atoms with Gasteiger partial charge >= 0.3 is 0 Å². The van der Waals surface area contributed by atoms with Gasteiger partial charge in [-0.2, -0.15) is 0 Å². The van der Waals surface area contributed by atoms with Gasteiger partial charge in [0.05, 0.1) is 14.2 Å². The largest absolute Gasteiger partial charge is 0.497 e. The number of nitrogens with one attached hydrogen (secondary N) is 1. The first-order valence-electron chi connectivity index (χ1n) is 7.38. The number of rotatable bonds is 5. The molecule has 0 saturated heterocycles. The lowest BCUT2D eigenvalue weighted by atomic mass is 9.86. The van der Waals surface area contributed by atoms with E-state index in [9.17, 15) is 4.79 Å². The predicted molar refractivity (Wildman–Crippen MR) is 81.3 cm³/mol. The van der Waals surface area contributed by atoms with Gasteiger partial charge in [0.1, 0.15) is 11.5 Å². The molecule has 0 spiro atoms. The summed E-state index contributed by atoms with van der Waals surface area (Å²) in [5, 5.41) is 2.99. The average molecular weight is 292 g/mol. The molecule has 0 aliphatic heterocycles. The Morgan fingerprint density at radius 1 is 1.24 bits per heavy atom.